The van der Waals surface area contributed by atoms with E-state index in [2.05, 4.69) is 10.2 Å². The van der Waals surface area contributed by atoms with E-state index in [1.807, 2.05) is 4.57 Å². The molecule has 2 aromatic carbocycles. The van der Waals surface area contributed by atoms with Gasteiger partial charge in [-0.05, 0) is 67.8 Å². The number of likely N-dealkylation sites (tertiary alicyclic amines) is 1. The van der Waals surface area contributed by atoms with Crippen LogP contribution in [0.4, 0.5) is 4.39 Å². The van der Waals surface area contributed by atoms with Crippen molar-refractivity contribution in [3.8, 4) is 11.4 Å². The summed E-state index contributed by atoms with van der Waals surface area (Å²) >= 11 is 1.35. The number of quaternary nitrogens is 1. The molecule has 3 aromatic rings. The van der Waals surface area contributed by atoms with E-state index in [9.17, 15) is 9.18 Å². The number of Topliss-reactive ketones (excluding diaryl/α,β-unsaturated/α-hetero) is 1. The first-order valence-corrected chi connectivity index (χ1v) is 11.5. The fourth-order valence-electron chi connectivity index (χ4n) is 3.80. The van der Waals surface area contributed by atoms with Crippen LogP contribution in [0.15, 0.2) is 53.7 Å². The number of hydrogen-bond donors (Lipinski definition) is 1. The Labute approximate surface area is 185 Å². The molecule has 0 bridgehead atoms. The van der Waals surface area contributed by atoms with Crippen LogP contribution in [0, 0.1) is 5.82 Å². The van der Waals surface area contributed by atoms with Crippen molar-refractivity contribution in [1.29, 1.82) is 0 Å². The Kier molecular flexibility index (Phi) is 6.99. The Morgan fingerprint density at radius 3 is 2.45 bits per heavy atom. The first-order valence-electron chi connectivity index (χ1n) is 10.5. The number of rotatable bonds is 8. The molecule has 2 heterocycles. The second kappa shape index (κ2) is 10.1. The van der Waals surface area contributed by atoms with Gasteiger partial charge in [0, 0.05) is 11.3 Å². The Morgan fingerprint density at radius 1 is 1.06 bits per heavy atom. The van der Waals surface area contributed by atoms with Gasteiger partial charge in [0.05, 0.1) is 26.0 Å². The number of hydrogen-bond acceptors (Lipinski definition) is 5. The molecule has 0 unspecified atom stereocenters. The highest BCUT2D eigenvalue weighted by atomic mass is 32.2. The molecule has 0 aliphatic carbocycles. The molecule has 6 nitrogen and oxygen atoms in total. The Balaban J connectivity index is 1.54. The smallest absolute Gasteiger partial charge is 0.196 e. The lowest BCUT2D eigenvalue weighted by Gasteiger charge is -2.23. The molecular weight excluding hydrogens is 415 g/mol. The molecule has 0 saturated carbocycles. The number of carbonyl (C=O) groups is 1. The number of halogens is 1. The summed E-state index contributed by atoms with van der Waals surface area (Å²) in [4.78, 5) is 14.1. The van der Waals surface area contributed by atoms with Crippen LogP contribution in [0.3, 0.4) is 0 Å². The minimum Gasteiger partial charge on any atom is -0.497 e. The van der Waals surface area contributed by atoms with Crippen LogP contribution in [0.2, 0.25) is 0 Å². The molecule has 1 fully saturated rings. The maximum Gasteiger partial charge on any atom is 0.196 e. The summed E-state index contributed by atoms with van der Waals surface area (Å²) in [6, 6.07) is 13.4. The highest BCUT2D eigenvalue weighted by Crippen LogP contribution is 2.23. The van der Waals surface area contributed by atoms with E-state index in [0.29, 0.717) is 16.5 Å². The predicted octanol–water partition coefficient (Wildman–Crippen LogP) is 2.96. The number of ether oxygens (including phenoxy) is 1. The van der Waals surface area contributed by atoms with E-state index in [4.69, 9.17) is 4.74 Å². The number of nitrogens with zero attached hydrogens (tertiary/aromatic N) is 3. The third-order valence-corrected chi connectivity index (χ3v) is 6.43. The molecule has 1 saturated heterocycles. The second-order valence-corrected chi connectivity index (χ2v) is 8.58. The van der Waals surface area contributed by atoms with Crippen LogP contribution >= 0.6 is 11.8 Å². The lowest BCUT2D eigenvalue weighted by atomic mass is 10.1. The predicted molar refractivity (Wildman–Crippen MR) is 118 cm³/mol. The number of thioether (sulfide) groups is 1. The van der Waals surface area contributed by atoms with Crippen molar-refractivity contribution >= 4 is 17.5 Å². The molecule has 0 radical (unpaired) electrons. The SMILES string of the molecule is COc1ccc(C(=O)CSc2nnc(C[NH+]3CCCCC3)n2-c2ccc(F)cc2)cc1. The lowest BCUT2D eigenvalue weighted by molar-refractivity contribution is -0.919. The van der Waals surface area contributed by atoms with Crippen molar-refractivity contribution in [3.63, 3.8) is 0 Å². The Bertz CT molecular complexity index is 1020. The number of aromatic nitrogens is 3. The monoisotopic (exact) mass is 441 g/mol. The van der Waals surface area contributed by atoms with Crippen LogP contribution in [-0.4, -0.2) is 46.5 Å². The van der Waals surface area contributed by atoms with Gasteiger partial charge >= 0.3 is 0 Å². The van der Waals surface area contributed by atoms with Gasteiger partial charge in [0.2, 0.25) is 0 Å². The molecule has 0 atom stereocenters. The topological polar surface area (TPSA) is 61.4 Å². The normalized spacial score (nSPS) is 14.5. The second-order valence-electron chi connectivity index (χ2n) is 7.64. The summed E-state index contributed by atoms with van der Waals surface area (Å²) in [7, 11) is 1.60. The van der Waals surface area contributed by atoms with Gasteiger partial charge in [0.1, 0.15) is 18.1 Å². The Hall–Kier alpha value is -2.71. The highest BCUT2D eigenvalue weighted by molar-refractivity contribution is 7.99. The zero-order valence-corrected chi connectivity index (χ0v) is 18.3. The van der Waals surface area contributed by atoms with Gasteiger partial charge in [-0.25, -0.2) is 4.39 Å². The van der Waals surface area contributed by atoms with Crippen LogP contribution in [0.1, 0.15) is 35.4 Å². The molecule has 0 amide bonds. The maximum absolute atomic E-state index is 13.5. The van der Waals surface area contributed by atoms with Crippen molar-refractivity contribution < 1.29 is 18.8 Å². The van der Waals surface area contributed by atoms with Crippen LogP contribution in [-0.2, 0) is 6.54 Å². The standard InChI is InChI=1S/C23H25FN4O2S/c1-30-20-11-5-17(6-12-20)21(29)16-31-23-26-25-22(15-27-13-3-2-4-14-27)28(23)19-9-7-18(24)8-10-19/h5-12H,2-4,13-16H2,1H3/p+1. The summed E-state index contributed by atoms with van der Waals surface area (Å²) in [5, 5.41) is 9.44. The summed E-state index contributed by atoms with van der Waals surface area (Å²) in [5.74, 6) is 1.50. The van der Waals surface area contributed by atoms with E-state index in [0.717, 1.165) is 31.1 Å². The number of nitrogens with one attached hydrogen (secondary N) is 1. The fraction of sp³-hybridized carbons (Fsp3) is 0.348. The third-order valence-electron chi connectivity index (χ3n) is 5.50. The van der Waals surface area contributed by atoms with Crippen LogP contribution in [0.5, 0.6) is 5.75 Å². The molecule has 1 aromatic heterocycles. The van der Waals surface area contributed by atoms with Gasteiger partial charge < -0.3 is 9.64 Å². The minimum atomic E-state index is -0.288. The fourth-order valence-corrected chi connectivity index (χ4v) is 4.67. The molecule has 162 valence electrons. The van der Waals surface area contributed by atoms with Crippen molar-refractivity contribution in [1.82, 2.24) is 14.8 Å². The highest BCUT2D eigenvalue weighted by Gasteiger charge is 2.22. The zero-order chi connectivity index (χ0) is 21.6. The van der Waals surface area contributed by atoms with Gasteiger partial charge in [0.15, 0.2) is 16.8 Å². The summed E-state index contributed by atoms with van der Waals surface area (Å²) < 4.78 is 20.6. The van der Waals surface area contributed by atoms with Gasteiger partial charge in [-0.3, -0.25) is 9.36 Å². The number of methoxy groups -OCH3 is 1. The van der Waals surface area contributed by atoms with Crippen LogP contribution in [0.25, 0.3) is 5.69 Å². The van der Waals surface area contributed by atoms with Gasteiger partial charge in [0.25, 0.3) is 0 Å². The summed E-state index contributed by atoms with van der Waals surface area (Å²) in [5.41, 5.74) is 1.43. The van der Waals surface area contributed by atoms with Gasteiger partial charge in [-0.1, -0.05) is 11.8 Å². The summed E-state index contributed by atoms with van der Waals surface area (Å²) in [6.45, 7) is 3.00. The Morgan fingerprint density at radius 2 is 1.77 bits per heavy atom. The number of ketones is 1. The van der Waals surface area contributed by atoms with Crippen molar-refractivity contribution in [2.45, 2.75) is 31.0 Å². The van der Waals surface area contributed by atoms with E-state index >= 15 is 0 Å². The first kappa shape index (κ1) is 21.5. The molecule has 4 rings (SSSR count). The molecule has 31 heavy (non-hydrogen) atoms. The molecule has 1 aliphatic heterocycles. The zero-order valence-electron chi connectivity index (χ0n) is 17.5. The van der Waals surface area contributed by atoms with Gasteiger partial charge in [-0.15, -0.1) is 10.2 Å². The molecular formula is C23H26FN4O2S+. The molecule has 0 spiro atoms. The number of carbonyl (C=O) groups excluding carboxylic acids is 1. The lowest BCUT2D eigenvalue weighted by Crippen LogP contribution is -3.11. The van der Waals surface area contributed by atoms with Crippen molar-refractivity contribution in [2.24, 2.45) is 0 Å². The van der Waals surface area contributed by atoms with Crippen molar-refractivity contribution in [2.75, 3.05) is 26.0 Å². The molecule has 1 N–H and O–H groups in total. The van der Waals surface area contributed by atoms with Gasteiger partial charge in [-0.2, -0.15) is 0 Å². The first-order chi connectivity index (χ1) is 15.1. The van der Waals surface area contributed by atoms with Crippen LogP contribution < -0.4 is 9.64 Å². The average molecular weight is 442 g/mol. The maximum atomic E-state index is 13.5. The number of piperidine rings is 1. The average Bonchev–Trinajstić information content (AvgIpc) is 3.21. The minimum absolute atomic E-state index is 0.00418. The van der Waals surface area contributed by atoms with E-state index < -0.39 is 0 Å². The van der Waals surface area contributed by atoms with E-state index in [1.165, 1.54) is 48.1 Å². The van der Waals surface area contributed by atoms with Crippen molar-refractivity contribution in [3.05, 3.63) is 65.7 Å². The van der Waals surface area contributed by atoms with E-state index in [-0.39, 0.29) is 17.4 Å². The third kappa shape index (κ3) is 5.32. The number of benzene rings is 2. The summed E-state index contributed by atoms with van der Waals surface area (Å²) in [6.07, 6.45) is 3.72. The molecule has 8 heteroatoms. The molecule has 1 aliphatic rings. The largest absolute Gasteiger partial charge is 0.497 e. The van der Waals surface area contributed by atoms with E-state index in [1.54, 1.807) is 43.5 Å². The quantitative estimate of drug-likeness (QED) is 0.430.